The predicted octanol–water partition coefficient (Wildman–Crippen LogP) is 5.29. The minimum atomic E-state index is -0.730. The molecule has 0 spiro atoms. The van der Waals surface area contributed by atoms with Crippen LogP contribution in [0.1, 0.15) is 57.2 Å². The topological polar surface area (TPSA) is 49.0 Å². The first-order chi connectivity index (χ1) is 11.9. The van der Waals surface area contributed by atoms with Crippen LogP contribution in [0.5, 0.6) is 0 Å². The van der Waals surface area contributed by atoms with Crippen LogP contribution in [0.4, 0.5) is 0 Å². The molecule has 0 amide bonds. The number of benzene rings is 1. The van der Waals surface area contributed by atoms with Gasteiger partial charge in [-0.25, -0.2) is 0 Å². The number of nitrogens with zero attached hydrogens (tertiary/aromatic N) is 2. The second-order valence-corrected chi connectivity index (χ2v) is 8.10. The average molecular weight is 357 g/mol. The molecule has 3 unspecified atom stereocenters. The SMILES string of the molecule is CC1CCC(O)(C(C)C)C(c2ccccc2-n2cc(Cl)cc2C#N)C1. The van der Waals surface area contributed by atoms with Gasteiger partial charge in [-0.2, -0.15) is 5.26 Å². The quantitative estimate of drug-likeness (QED) is 0.811. The van der Waals surface area contributed by atoms with Gasteiger partial charge in [0.2, 0.25) is 0 Å². The molecule has 1 aliphatic rings. The van der Waals surface area contributed by atoms with E-state index in [1.165, 1.54) is 0 Å². The van der Waals surface area contributed by atoms with Crippen LogP contribution in [-0.2, 0) is 0 Å². The van der Waals surface area contributed by atoms with E-state index in [2.05, 4.69) is 32.9 Å². The van der Waals surface area contributed by atoms with E-state index in [1.807, 2.05) is 22.8 Å². The number of para-hydroxylation sites is 1. The van der Waals surface area contributed by atoms with E-state index in [1.54, 1.807) is 12.3 Å². The molecule has 132 valence electrons. The summed E-state index contributed by atoms with van der Waals surface area (Å²) in [6, 6.07) is 12.0. The maximum atomic E-state index is 11.5. The second kappa shape index (κ2) is 6.86. The first kappa shape index (κ1) is 18.0. The lowest BCUT2D eigenvalue weighted by molar-refractivity contribution is -0.0656. The van der Waals surface area contributed by atoms with Gasteiger partial charge in [0.1, 0.15) is 11.8 Å². The molecule has 1 N–H and O–H groups in total. The number of hydrogen-bond acceptors (Lipinski definition) is 2. The molecule has 1 heterocycles. The Morgan fingerprint density at radius 1 is 1.36 bits per heavy atom. The van der Waals surface area contributed by atoms with Crippen LogP contribution in [0.3, 0.4) is 0 Å². The van der Waals surface area contributed by atoms with Crippen molar-refractivity contribution in [1.29, 1.82) is 5.26 Å². The van der Waals surface area contributed by atoms with Crippen molar-refractivity contribution in [2.75, 3.05) is 0 Å². The van der Waals surface area contributed by atoms with Gasteiger partial charge in [-0.05, 0) is 48.8 Å². The van der Waals surface area contributed by atoms with E-state index in [9.17, 15) is 10.4 Å². The summed E-state index contributed by atoms with van der Waals surface area (Å²) in [7, 11) is 0. The summed E-state index contributed by atoms with van der Waals surface area (Å²) >= 11 is 6.14. The normalized spacial score (nSPS) is 26.6. The molecule has 2 aromatic rings. The van der Waals surface area contributed by atoms with Gasteiger partial charge in [-0.1, -0.05) is 50.6 Å². The molecule has 3 atom stereocenters. The Labute approximate surface area is 154 Å². The minimum absolute atomic E-state index is 0.0418. The average Bonchev–Trinajstić information content (AvgIpc) is 2.98. The number of aromatic nitrogens is 1. The molecule has 25 heavy (non-hydrogen) atoms. The second-order valence-electron chi connectivity index (χ2n) is 7.66. The number of nitriles is 1. The lowest BCUT2D eigenvalue weighted by atomic mass is 9.64. The summed E-state index contributed by atoms with van der Waals surface area (Å²) in [4.78, 5) is 0. The molecule has 0 saturated heterocycles. The smallest absolute Gasteiger partial charge is 0.126 e. The van der Waals surface area contributed by atoms with Crippen LogP contribution >= 0.6 is 11.6 Å². The number of aliphatic hydroxyl groups is 1. The Kier molecular flexibility index (Phi) is 4.95. The van der Waals surface area contributed by atoms with Crippen LogP contribution in [0.2, 0.25) is 5.02 Å². The van der Waals surface area contributed by atoms with E-state index in [0.717, 1.165) is 30.5 Å². The third kappa shape index (κ3) is 3.21. The Hall–Kier alpha value is -1.76. The van der Waals surface area contributed by atoms with Crippen LogP contribution < -0.4 is 0 Å². The van der Waals surface area contributed by atoms with Crippen molar-refractivity contribution in [1.82, 2.24) is 4.57 Å². The third-order valence-electron chi connectivity index (χ3n) is 5.75. The molecule has 1 aromatic heterocycles. The Bertz CT molecular complexity index is 804. The van der Waals surface area contributed by atoms with Crippen LogP contribution in [-0.4, -0.2) is 15.3 Å². The Morgan fingerprint density at radius 3 is 2.76 bits per heavy atom. The molecule has 3 nitrogen and oxygen atoms in total. The van der Waals surface area contributed by atoms with E-state index in [-0.39, 0.29) is 11.8 Å². The molecule has 0 bridgehead atoms. The van der Waals surface area contributed by atoms with E-state index in [0.29, 0.717) is 16.6 Å². The van der Waals surface area contributed by atoms with Gasteiger partial charge in [-0.15, -0.1) is 0 Å². The lowest BCUT2D eigenvalue weighted by Crippen LogP contribution is -2.45. The summed E-state index contributed by atoms with van der Waals surface area (Å²) in [5, 5.41) is 21.5. The van der Waals surface area contributed by atoms with Crippen LogP contribution in [0, 0.1) is 23.2 Å². The molecular weight excluding hydrogens is 332 g/mol. The van der Waals surface area contributed by atoms with Crippen molar-refractivity contribution in [2.45, 2.75) is 51.6 Å². The van der Waals surface area contributed by atoms with Gasteiger partial charge in [0, 0.05) is 17.8 Å². The third-order valence-corrected chi connectivity index (χ3v) is 5.96. The standard InChI is InChI=1S/C21H25ClN2O/c1-14(2)21(25)9-8-15(3)10-19(21)18-6-4-5-7-20(18)24-13-16(22)11-17(24)12-23/h4-7,11,13-15,19,25H,8-10H2,1-3H3. The van der Waals surface area contributed by atoms with Crippen molar-refractivity contribution in [3.8, 4) is 11.8 Å². The molecule has 4 heteroatoms. The van der Waals surface area contributed by atoms with Gasteiger partial charge in [-0.3, -0.25) is 0 Å². The first-order valence-electron chi connectivity index (χ1n) is 8.96. The highest BCUT2D eigenvalue weighted by Gasteiger charge is 2.44. The van der Waals surface area contributed by atoms with Crippen LogP contribution in [0.15, 0.2) is 36.5 Å². The summed E-state index contributed by atoms with van der Waals surface area (Å²) in [6.07, 6.45) is 4.58. The molecule has 1 aliphatic carbocycles. The zero-order valence-electron chi connectivity index (χ0n) is 15.0. The Balaban J connectivity index is 2.15. The fourth-order valence-electron chi connectivity index (χ4n) is 4.18. The highest BCUT2D eigenvalue weighted by Crippen LogP contribution is 2.48. The van der Waals surface area contributed by atoms with Crippen molar-refractivity contribution in [3.05, 3.63) is 52.8 Å². The summed E-state index contributed by atoms with van der Waals surface area (Å²) in [6.45, 7) is 6.44. The van der Waals surface area contributed by atoms with Gasteiger partial charge in [0.05, 0.1) is 10.6 Å². The number of rotatable bonds is 3. The van der Waals surface area contributed by atoms with Crippen molar-refractivity contribution >= 4 is 11.6 Å². The number of hydrogen-bond donors (Lipinski definition) is 1. The van der Waals surface area contributed by atoms with Crippen molar-refractivity contribution in [2.24, 2.45) is 11.8 Å². The molecule has 1 fully saturated rings. The largest absolute Gasteiger partial charge is 0.389 e. The first-order valence-corrected chi connectivity index (χ1v) is 9.34. The van der Waals surface area contributed by atoms with Crippen molar-refractivity contribution < 1.29 is 5.11 Å². The zero-order chi connectivity index (χ0) is 18.2. The Morgan fingerprint density at radius 2 is 2.08 bits per heavy atom. The summed E-state index contributed by atoms with van der Waals surface area (Å²) in [5.74, 6) is 0.780. The van der Waals surface area contributed by atoms with Gasteiger partial charge in [0.15, 0.2) is 0 Å². The van der Waals surface area contributed by atoms with E-state index >= 15 is 0 Å². The van der Waals surface area contributed by atoms with Gasteiger partial charge < -0.3 is 9.67 Å². The maximum Gasteiger partial charge on any atom is 0.126 e. The fourth-order valence-corrected chi connectivity index (χ4v) is 4.38. The molecule has 0 aliphatic heterocycles. The molecular formula is C21H25ClN2O. The monoisotopic (exact) mass is 356 g/mol. The molecule has 3 rings (SSSR count). The maximum absolute atomic E-state index is 11.5. The zero-order valence-corrected chi connectivity index (χ0v) is 15.8. The lowest BCUT2D eigenvalue weighted by Gasteiger charge is -2.46. The van der Waals surface area contributed by atoms with Crippen LogP contribution in [0.25, 0.3) is 5.69 Å². The van der Waals surface area contributed by atoms with Gasteiger partial charge in [0.25, 0.3) is 0 Å². The van der Waals surface area contributed by atoms with E-state index < -0.39 is 5.60 Å². The minimum Gasteiger partial charge on any atom is -0.389 e. The summed E-state index contributed by atoms with van der Waals surface area (Å²) in [5.41, 5.74) is 1.80. The van der Waals surface area contributed by atoms with Crippen molar-refractivity contribution in [3.63, 3.8) is 0 Å². The van der Waals surface area contributed by atoms with E-state index in [4.69, 9.17) is 11.6 Å². The highest BCUT2D eigenvalue weighted by molar-refractivity contribution is 6.30. The fraction of sp³-hybridized carbons (Fsp3) is 0.476. The van der Waals surface area contributed by atoms with Gasteiger partial charge >= 0.3 is 0 Å². The number of halogens is 1. The molecule has 0 radical (unpaired) electrons. The predicted molar refractivity (Wildman–Crippen MR) is 101 cm³/mol. The highest BCUT2D eigenvalue weighted by atomic mass is 35.5. The molecule has 1 aromatic carbocycles. The summed E-state index contributed by atoms with van der Waals surface area (Å²) < 4.78 is 1.84. The molecule has 1 saturated carbocycles.